The molecule has 164 valence electrons. The number of aromatic nitrogens is 4. The Labute approximate surface area is 185 Å². The summed E-state index contributed by atoms with van der Waals surface area (Å²) in [5.74, 6) is 0.391. The first-order valence-electron chi connectivity index (χ1n) is 10.3. The minimum absolute atomic E-state index is 0.316. The maximum absolute atomic E-state index is 13.0. The molecule has 0 spiro atoms. The van der Waals surface area contributed by atoms with Crippen LogP contribution < -0.4 is 16.7 Å². The number of hydrogen-bond donors (Lipinski definition) is 1. The fraction of sp³-hybridized carbons (Fsp3) is 0.250. The Morgan fingerprint density at radius 1 is 0.969 bits per heavy atom. The van der Waals surface area contributed by atoms with Gasteiger partial charge in [0.2, 0.25) is 5.95 Å². The van der Waals surface area contributed by atoms with Crippen molar-refractivity contribution in [3.63, 3.8) is 0 Å². The second-order valence-electron chi connectivity index (χ2n) is 8.11. The van der Waals surface area contributed by atoms with E-state index in [4.69, 9.17) is 0 Å². The Bertz CT molecular complexity index is 1460. The molecule has 2 aromatic heterocycles. The molecule has 0 aliphatic carbocycles. The van der Waals surface area contributed by atoms with E-state index >= 15 is 0 Å². The average molecular weight is 431 g/mol. The number of anilines is 1. The van der Waals surface area contributed by atoms with E-state index in [1.807, 2.05) is 45.0 Å². The van der Waals surface area contributed by atoms with E-state index in [2.05, 4.69) is 33.7 Å². The van der Waals surface area contributed by atoms with Crippen molar-refractivity contribution in [1.82, 2.24) is 18.7 Å². The largest absolute Gasteiger partial charge is 0.332 e. The van der Waals surface area contributed by atoms with E-state index in [1.54, 1.807) is 17.8 Å². The predicted octanol–water partition coefficient (Wildman–Crippen LogP) is 2.85. The smallest absolute Gasteiger partial charge is 0.298 e. The van der Waals surface area contributed by atoms with Gasteiger partial charge in [-0.05, 0) is 37.5 Å². The number of imidazole rings is 1. The van der Waals surface area contributed by atoms with E-state index in [9.17, 15) is 9.59 Å². The lowest BCUT2D eigenvalue weighted by molar-refractivity contribution is 0.702. The van der Waals surface area contributed by atoms with Gasteiger partial charge in [0, 0.05) is 14.1 Å². The van der Waals surface area contributed by atoms with Crippen LogP contribution in [-0.4, -0.2) is 24.9 Å². The molecule has 0 radical (unpaired) electrons. The Hall–Kier alpha value is -3.94. The SMILES string of the molecule is Cc1ccc(/C=N/Nc2nc3c(c(=O)n(C)c(=O)n3C)n2Cc2cc(C)ccc2C)cc1. The molecule has 4 rings (SSSR count). The molecule has 2 aromatic carbocycles. The van der Waals surface area contributed by atoms with Gasteiger partial charge in [0.15, 0.2) is 11.2 Å². The second-order valence-corrected chi connectivity index (χ2v) is 8.11. The number of hydrogen-bond acceptors (Lipinski definition) is 5. The minimum Gasteiger partial charge on any atom is -0.298 e. The third-order valence-electron chi connectivity index (χ3n) is 5.64. The molecule has 0 fully saturated rings. The molecule has 0 saturated heterocycles. The van der Waals surface area contributed by atoms with Gasteiger partial charge >= 0.3 is 5.69 Å². The first-order valence-corrected chi connectivity index (χ1v) is 10.3. The first kappa shape index (κ1) is 21.3. The van der Waals surface area contributed by atoms with Gasteiger partial charge in [0.25, 0.3) is 5.56 Å². The molecule has 0 saturated carbocycles. The molecular formula is C24H26N6O2. The van der Waals surface area contributed by atoms with Crippen molar-refractivity contribution in [1.29, 1.82) is 0 Å². The molecule has 4 aromatic rings. The molecule has 0 unspecified atom stereocenters. The van der Waals surface area contributed by atoms with Crippen molar-refractivity contribution < 1.29 is 0 Å². The number of fused-ring (bicyclic) bond motifs is 1. The topological polar surface area (TPSA) is 86.2 Å². The summed E-state index contributed by atoms with van der Waals surface area (Å²) in [5.41, 5.74) is 8.22. The molecule has 2 heterocycles. The normalized spacial score (nSPS) is 11.5. The van der Waals surface area contributed by atoms with Crippen molar-refractivity contribution in [2.45, 2.75) is 27.3 Å². The maximum Gasteiger partial charge on any atom is 0.332 e. The molecular weight excluding hydrogens is 404 g/mol. The van der Waals surface area contributed by atoms with Crippen LogP contribution in [0, 0.1) is 20.8 Å². The molecule has 1 N–H and O–H groups in total. The number of rotatable bonds is 5. The zero-order valence-corrected chi connectivity index (χ0v) is 18.9. The number of nitrogens with one attached hydrogen (secondary N) is 1. The summed E-state index contributed by atoms with van der Waals surface area (Å²) in [6.45, 7) is 6.51. The number of nitrogens with zero attached hydrogens (tertiary/aromatic N) is 5. The standard InChI is InChI=1S/C24H26N6O2/c1-15-7-10-18(11-8-15)13-25-27-23-26-21-20(22(31)29(5)24(32)28(21)4)30(23)14-19-12-16(2)6-9-17(19)3/h6-13H,14H2,1-5H3,(H,26,27)/b25-13+. The van der Waals surface area contributed by atoms with Crippen molar-refractivity contribution in [2.24, 2.45) is 19.2 Å². The van der Waals surface area contributed by atoms with Gasteiger partial charge < -0.3 is 0 Å². The average Bonchev–Trinajstić information content (AvgIpc) is 3.13. The Kier molecular flexibility index (Phi) is 5.52. The van der Waals surface area contributed by atoms with Crippen LogP contribution in [0.1, 0.15) is 27.8 Å². The quantitative estimate of drug-likeness (QED) is 0.390. The van der Waals surface area contributed by atoms with E-state index < -0.39 is 11.2 Å². The van der Waals surface area contributed by atoms with E-state index in [-0.39, 0.29) is 0 Å². The minimum atomic E-state index is -0.423. The third kappa shape index (κ3) is 3.87. The summed E-state index contributed by atoms with van der Waals surface area (Å²) in [5, 5.41) is 4.33. The van der Waals surface area contributed by atoms with Crippen LogP contribution in [0.2, 0.25) is 0 Å². The van der Waals surface area contributed by atoms with Gasteiger partial charge in [-0.1, -0.05) is 53.6 Å². The van der Waals surface area contributed by atoms with Gasteiger partial charge in [0.05, 0.1) is 12.8 Å². The summed E-state index contributed by atoms with van der Waals surface area (Å²) in [6, 6.07) is 14.2. The van der Waals surface area contributed by atoms with Crippen molar-refractivity contribution in [3.8, 4) is 0 Å². The van der Waals surface area contributed by atoms with Gasteiger partial charge in [0.1, 0.15) is 0 Å². The molecule has 8 heteroatoms. The monoisotopic (exact) mass is 430 g/mol. The lowest BCUT2D eigenvalue weighted by Crippen LogP contribution is -2.37. The third-order valence-corrected chi connectivity index (χ3v) is 5.64. The molecule has 32 heavy (non-hydrogen) atoms. The number of benzene rings is 2. The molecule has 0 amide bonds. The van der Waals surface area contributed by atoms with Crippen LogP contribution in [0.4, 0.5) is 5.95 Å². The van der Waals surface area contributed by atoms with Crippen molar-refractivity contribution in [2.75, 3.05) is 5.43 Å². The van der Waals surface area contributed by atoms with Crippen LogP contribution in [0.25, 0.3) is 11.2 Å². The van der Waals surface area contributed by atoms with E-state index in [0.29, 0.717) is 23.7 Å². The van der Waals surface area contributed by atoms with Crippen LogP contribution in [0.15, 0.2) is 57.2 Å². The molecule has 8 nitrogen and oxygen atoms in total. The zero-order valence-electron chi connectivity index (χ0n) is 18.9. The highest BCUT2D eigenvalue weighted by Crippen LogP contribution is 2.20. The zero-order chi connectivity index (χ0) is 23.0. The van der Waals surface area contributed by atoms with Gasteiger partial charge in [-0.2, -0.15) is 10.1 Å². The van der Waals surface area contributed by atoms with Gasteiger partial charge in [-0.25, -0.2) is 10.2 Å². The summed E-state index contributed by atoms with van der Waals surface area (Å²) in [4.78, 5) is 30.0. The molecule has 0 bridgehead atoms. The fourth-order valence-electron chi connectivity index (χ4n) is 3.64. The fourth-order valence-corrected chi connectivity index (χ4v) is 3.64. The van der Waals surface area contributed by atoms with Crippen molar-refractivity contribution in [3.05, 3.63) is 91.1 Å². The molecule has 0 atom stereocenters. The van der Waals surface area contributed by atoms with Crippen LogP contribution in [-0.2, 0) is 20.6 Å². The Balaban J connectivity index is 1.84. The lowest BCUT2D eigenvalue weighted by atomic mass is 10.1. The highest BCUT2D eigenvalue weighted by Gasteiger charge is 2.19. The highest BCUT2D eigenvalue weighted by molar-refractivity contribution is 5.80. The second kappa shape index (κ2) is 8.30. The van der Waals surface area contributed by atoms with E-state index in [1.165, 1.54) is 17.2 Å². The van der Waals surface area contributed by atoms with Gasteiger partial charge in [-0.15, -0.1) is 0 Å². The summed E-state index contributed by atoms with van der Waals surface area (Å²) >= 11 is 0. The van der Waals surface area contributed by atoms with Crippen LogP contribution in [0.3, 0.4) is 0 Å². The summed E-state index contributed by atoms with van der Waals surface area (Å²) in [6.07, 6.45) is 1.69. The van der Waals surface area contributed by atoms with Crippen LogP contribution in [0.5, 0.6) is 0 Å². The Morgan fingerprint density at radius 2 is 1.66 bits per heavy atom. The summed E-state index contributed by atoms with van der Waals surface area (Å²) < 4.78 is 4.26. The Morgan fingerprint density at radius 3 is 2.38 bits per heavy atom. The van der Waals surface area contributed by atoms with Crippen LogP contribution >= 0.6 is 0 Å². The highest BCUT2D eigenvalue weighted by atomic mass is 16.2. The number of hydrazone groups is 1. The maximum atomic E-state index is 13.0. The lowest BCUT2D eigenvalue weighted by Gasteiger charge is -2.12. The van der Waals surface area contributed by atoms with Crippen molar-refractivity contribution >= 4 is 23.3 Å². The first-order chi connectivity index (χ1) is 15.3. The molecule has 0 aliphatic heterocycles. The predicted molar refractivity (Wildman–Crippen MR) is 128 cm³/mol. The summed E-state index contributed by atoms with van der Waals surface area (Å²) in [7, 11) is 3.08. The van der Waals surface area contributed by atoms with E-state index in [0.717, 1.165) is 26.8 Å². The van der Waals surface area contributed by atoms with Gasteiger partial charge in [-0.3, -0.25) is 18.5 Å². The number of aryl methyl sites for hydroxylation is 4. The molecule has 0 aliphatic rings.